The van der Waals surface area contributed by atoms with E-state index in [0.29, 0.717) is 10.8 Å². The molecule has 8 atom stereocenters. The van der Waals surface area contributed by atoms with Crippen LogP contribution in [0.4, 0.5) is 0 Å². The Kier molecular flexibility index (Phi) is 3.91. The third-order valence-electron chi connectivity index (χ3n) is 9.52. The summed E-state index contributed by atoms with van der Waals surface area (Å²) in [6.07, 6.45) is 12.2. The molecule has 4 fully saturated rings. The smallest absolute Gasteiger partial charge is 0.0543 e. The summed E-state index contributed by atoms with van der Waals surface area (Å²) in [5.41, 5.74) is 1.17. The van der Waals surface area contributed by atoms with Crippen molar-refractivity contribution in [1.29, 1.82) is 0 Å². The van der Waals surface area contributed by atoms with E-state index in [0.717, 1.165) is 48.3 Å². The van der Waals surface area contributed by atoms with Crippen molar-refractivity contribution in [3.05, 3.63) is 0 Å². The molecular formula is C22H38O. The Morgan fingerprint density at radius 1 is 0.826 bits per heavy atom. The van der Waals surface area contributed by atoms with E-state index in [1.165, 1.54) is 44.9 Å². The van der Waals surface area contributed by atoms with E-state index >= 15 is 0 Å². The Morgan fingerprint density at radius 3 is 2.26 bits per heavy atom. The van der Waals surface area contributed by atoms with Crippen molar-refractivity contribution in [2.45, 2.75) is 91.6 Å². The van der Waals surface area contributed by atoms with E-state index < -0.39 is 0 Å². The molecule has 0 aliphatic heterocycles. The van der Waals surface area contributed by atoms with E-state index in [2.05, 4.69) is 27.7 Å². The van der Waals surface area contributed by atoms with Crippen LogP contribution in [-0.2, 0) is 0 Å². The molecule has 0 aromatic carbocycles. The van der Waals surface area contributed by atoms with Crippen molar-refractivity contribution in [1.82, 2.24) is 0 Å². The van der Waals surface area contributed by atoms with Gasteiger partial charge in [0.2, 0.25) is 0 Å². The Bertz CT molecular complexity index is 457. The fourth-order valence-electron chi connectivity index (χ4n) is 8.37. The minimum Gasteiger partial charge on any atom is -0.393 e. The lowest BCUT2D eigenvalue weighted by Gasteiger charge is -2.61. The average molecular weight is 319 g/mol. The van der Waals surface area contributed by atoms with Crippen molar-refractivity contribution in [2.75, 3.05) is 0 Å². The minimum absolute atomic E-state index is 0.00437. The van der Waals surface area contributed by atoms with Gasteiger partial charge in [0, 0.05) is 0 Å². The van der Waals surface area contributed by atoms with Gasteiger partial charge in [-0.05, 0) is 104 Å². The second-order valence-corrected chi connectivity index (χ2v) is 10.6. The molecule has 4 aliphatic carbocycles. The zero-order valence-electron chi connectivity index (χ0n) is 15.9. The van der Waals surface area contributed by atoms with Crippen LogP contribution in [0.1, 0.15) is 85.5 Å². The van der Waals surface area contributed by atoms with E-state index in [9.17, 15) is 5.11 Å². The van der Waals surface area contributed by atoms with E-state index in [-0.39, 0.29) is 6.10 Å². The monoisotopic (exact) mass is 318 g/mol. The summed E-state index contributed by atoms with van der Waals surface area (Å²) in [7, 11) is 0. The van der Waals surface area contributed by atoms with Crippen LogP contribution < -0.4 is 0 Å². The molecule has 0 bridgehead atoms. The van der Waals surface area contributed by atoms with Crippen LogP contribution in [-0.4, -0.2) is 11.2 Å². The van der Waals surface area contributed by atoms with Gasteiger partial charge in [-0.1, -0.05) is 27.7 Å². The molecule has 4 aliphatic rings. The van der Waals surface area contributed by atoms with Crippen LogP contribution in [0.2, 0.25) is 0 Å². The standard InChI is InChI=1S/C22H38O/c1-14(2)18-7-8-19-17-6-5-15-13-16(23)9-11-21(15,3)20(17)10-12-22(18,19)4/h14-20,23H,5-13H2,1-4H3/t15?,16-,17?,18+,19?,20?,21-,22+/m0/s1. The zero-order chi connectivity index (χ0) is 16.4. The summed E-state index contributed by atoms with van der Waals surface area (Å²) in [4.78, 5) is 0. The van der Waals surface area contributed by atoms with Crippen molar-refractivity contribution in [2.24, 2.45) is 46.3 Å². The fourth-order valence-corrected chi connectivity index (χ4v) is 8.37. The number of rotatable bonds is 1. The lowest BCUT2D eigenvalue weighted by atomic mass is 9.44. The first-order valence-corrected chi connectivity index (χ1v) is 10.5. The summed E-state index contributed by atoms with van der Waals surface area (Å²) in [6.45, 7) is 10.2. The summed E-state index contributed by atoms with van der Waals surface area (Å²) < 4.78 is 0. The maximum absolute atomic E-state index is 10.1. The second kappa shape index (κ2) is 5.48. The first-order valence-electron chi connectivity index (χ1n) is 10.5. The van der Waals surface area contributed by atoms with Gasteiger partial charge < -0.3 is 5.11 Å². The summed E-state index contributed by atoms with van der Waals surface area (Å²) in [5, 5.41) is 10.1. The molecule has 4 unspecified atom stereocenters. The van der Waals surface area contributed by atoms with Gasteiger partial charge in [0.15, 0.2) is 0 Å². The van der Waals surface area contributed by atoms with Gasteiger partial charge in [0.1, 0.15) is 0 Å². The molecule has 0 amide bonds. The van der Waals surface area contributed by atoms with Gasteiger partial charge >= 0.3 is 0 Å². The summed E-state index contributed by atoms with van der Waals surface area (Å²) >= 11 is 0. The van der Waals surface area contributed by atoms with Crippen molar-refractivity contribution >= 4 is 0 Å². The highest BCUT2D eigenvalue weighted by Gasteiger charge is 2.60. The molecule has 0 saturated heterocycles. The quantitative estimate of drug-likeness (QED) is 0.661. The fraction of sp³-hybridized carbons (Fsp3) is 1.00. The molecular weight excluding hydrogens is 280 g/mol. The van der Waals surface area contributed by atoms with Crippen molar-refractivity contribution in [3.63, 3.8) is 0 Å². The molecule has 4 saturated carbocycles. The Hall–Kier alpha value is -0.0400. The molecule has 0 aromatic heterocycles. The van der Waals surface area contributed by atoms with Gasteiger partial charge in [0.05, 0.1) is 6.10 Å². The third-order valence-corrected chi connectivity index (χ3v) is 9.52. The molecule has 0 spiro atoms. The summed E-state index contributed by atoms with van der Waals surface area (Å²) in [5.74, 6) is 5.58. The van der Waals surface area contributed by atoms with E-state index in [1.807, 2.05) is 0 Å². The molecule has 1 heteroatoms. The van der Waals surface area contributed by atoms with Gasteiger partial charge in [-0.3, -0.25) is 0 Å². The Morgan fingerprint density at radius 2 is 1.52 bits per heavy atom. The molecule has 132 valence electrons. The SMILES string of the molecule is CC(C)[C@H]1CCC2C3CCC4C[C@@H](O)CC[C@]4(C)C3CC[C@@]21C. The maximum Gasteiger partial charge on any atom is 0.0543 e. The second-order valence-electron chi connectivity index (χ2n) is 10.6. The Labute approximate surface area is 143 Å². The molecule has 1 N–H and O–H groups in total. The first-order chi connectivity index (χ1) is 10.9. The summed E-state index contributed by atoms with van der Waals surface area (Å²) in [6, 6.07) is 0. The van der Waals surface area contributed by atoms with Crippen LogP contribution in [0, 0.1) is 46.3 Å². The van der Waals surface area contributed by atoms with Gasteiger partial charge in [-0.25, -0.2) is 0 Å². The number of aliphatic hydroxyl groups is 1. The molecule has 0 aromatic rings. The topological polar surface area (TPSA) is 20.2 Å². The van der Waals surface area contributed by atoms with Gasteiger partial charge in [0.25, 0.3) is 0 Å². The van der Waals surface area contributed by atoms with Crippen LogP contribution >= 0.6 is 0 Å². The van der Waals surface area contributed by atoms with Gasteiger partial charge in [-0.2, -0.15) is 0 Å². The van der Waals surface area contributed by atoms with Crippen LogP contribution in [0.15, 0.2) is 0 Å². The van der Waals surface area contributed by atoms with E-state index in [4.69, 9.17) is 0 Å². The van der Waals surface area contributed by atoms with E-state index in [1.54, 1.807) is 0 Å². The Balaban J connectivity index is 1.60. The maximum atomic E-state index is 10.1. The number of hydrogen-bond acceptors (Lipinski definition) is 1. The zero-order valence-corrected chi connectivity index (χ0v) is 15.9. The lowest BCUT2D eigenvalue weighted by Crippen LogP contribution is -2.54. The van der Waals surface area contributed by atoms with Crippen LogP contribution in [0.5, 0.6) is 0 Å². The molecule has 1 nitrogen and oxygen atoms in total. The first kappa shape index (κ1) is 16.4. The largest absolute Gasteiger partial charge is 0.393 e. The molecule has 0 radical (unpaired) electrons. The molecule has 23 heavy (non-hydrogen) atoms. The highest BCUT2D eigenvalue weighted by atomic mass is 16.3. The number of aliphatic hydroxyl groups excluding tert-OH is 1. The van der Waals surface area contributed by atoms with Gasteiger partial charge in [-0.15, -0.1) is 0 Å². The number of fused-ring (bicyclic) bond motifs is 5. The average Bonchev–Trinajstić information content (AvgIpc) is 2.85. The third kappa shape index (κ3) is 2.28. The van der Waals surface area contributed by atoms with Crippen molar-refractivity contribution < 1.29 is 5.11 Å². The normalized spacial score (nSPS) is 56.1. The van der Waals surface area contributed by atoms with Crippen molar-refractivity contribution in [3.8, 4) is 0 Å². The van der Waals surface area contributed by atoms with Crippen LogP contribution in [0.25, 0.3) is 0 Å². The minimum atomic E-state index is -0.00437. The highest BCUT2D eigenvalue weighted by molar-refractivity contribution is 5.09. The lowest BCUT2D eigenvalue weighted by molar-refractivity contribution is -0.128. The van der Waals surface area contributed by atoms with Crippen LogP contribution in [0.3, 0.4) is 0 Å². The number of hydrogen-bond donors (Lipinski definition) is 1. The molecule has 0 heterocycles. The highest BCUT2D eigenvalue weighted by Crippen LogP contribution is 2.68. The predicted molar refractivity (Wildman–Crippen MR) is 96.1 cm³/mol. The molecule has 4 rings (SSSR count). The predicted octanol–water partition coefficient (Wildman–Crippen LogP) is 5.66.